The van der Waals surface area contributed by atoms with Crippen LogP contribution in [0.1, 0.15) is 18.4 Å². The summed E-state index contributed by atoms with van der Waals surface area (Å²) < 4.78 is 5.44. The fourth-order valence-corrected chi connectivity index (χ4v) is 2.47. The fourth-order valence-electron chi connectivity index (χ4n) is 1.76. The van der Waals surface area contributed by atoms with Crippen LogP contribution in [-0.2, 0) is 6.42 Å². The first-order chi connectivity index (χ1) is 6.75. The maximum absolute atomic E-state index is 6.09. The molecule has 1 saturated carbocycles. The maximum atomic E-state index is 6.09. The molecule has 1 fully saturated rings. The average Bonchev–Trinajstić information content (AvgIpc) is 2.73. The van der Waals surface area contributed by atoms with Crippen LogP contribution in [-0.4, -0.2) is 9.91 Å². The summed E-state index contributed by atoms with van der Waals surface area (Å²) in [5, 5.41) is 1.24. The highest BCUT2D eigenvalue weighted by Gasteiger charge is 2.37. The Morgan fingerprint density at radius 1 is 1.43 bits per heavy atom. The molecule has 3 heteroatoms. The van der Waals surface area contributed by atoms with Crippen molar-refractivity contribution in [3.63, 3.8) is 0 Å². The minimum Gasteiger partial charge on any atom is -0.325 e. The minimum absolute atomic E-state index is 0.109. The maximum Gasteiger partial charge on any atom is 0.0552 e. The average molecular weight is 204 g/mol. The third kappa shape index (κ3) is 1.42. The molecular weight excluding hydrogens is 192 g/mol. The molecule has 14 heavy (non-hydrogen) atoms. The largest absolute Gasteiger partial charge is 0.325 e. The van der Waals surface area contributed by atoms with Crippen LogP contribution in [0.2, 0.25) is 0 Å². The topological polar surface area (TPSA) is 38.9 Å². The van der Waals surface area contributed by atoms with Crippen molar-refractivity contribution in [2.75, 3.05) is 0 Å². The van der Waals surface area contributed by atoms with Crippen LogP contribution in [0, 0.1) is 0 Å². The van der Waals surface area contributed by atoms with Gasteiger partial charge < -0.3 is 5.73 Å². The van der Waals surface area contributed by atoms with Gasteiger partial charge in [0.2, 0.25) is 0 Å². The molecule has 2 N–H and O–H groups in total. The predicted octanol–water partition coefficient (Wildman–Crippen LogP) is 2.33. The van der Waals surface area contributed by atoms with Crippen LogP contribution in [0.3, 0.4) is 0 Å². The van der Waals surface area contributed by atoms with Gasteiger partial charge in [0.1, 0.15) is 0 Å². The van der Waals surface area contributed by atoms with Gasteiger partial charge >= 0.3 is 0 Å². The zero-order valence-corrected chi connectivity index (χ0v) is 8.68. The van der Waals surface area contributed by atoms with Crippen molar-refractivity contribution in [1.29, 1.82) is 0 Å². The first-order valence-corrected chi connectivity index (χ1v) is 5.65. The molecule has 0 bridgehead atoms. The standard InChI is InChI=1S/C11H12N2S/c12-11(3-4-11)6-8-1-2-9-7-13-14-10(9)5-8/h1-2,5,7H,3-4,6,12H2. The zero-order valence-electron chi connectivity index (χ0n) is 7.86. The van der Waals surface area contributed by atoms with E-state index in [0.717, 1.165) is 6.42 Å². The van der Waals surface area contributed by atoms with E-state index in [4.69, 9.17) is 5.73 Å². The molecule has 2 nitrogen and oxygen atoms in total. The number of fused-ring (bicyclic) bond motifs is 1. The number of nitrogens with two attached hydrogens (primary N) is 1. The van der Waals surface area contributed by atoms with Crippen molar-refractivity contribution in [2.45, 2.75) is 24.8 Å². The Hall–Kier alpha value is -0.930. The van der Waals surface area contributed by atoms with Crippen molar-refractivity contribution in [2.24, 2.45) is 5.73 Å². The Kier molecular flexibility index (Phi) is 1.66. The third-order valence-electron chi connectivity index (χ3n) is 2.87. The SMILES string of the molecule is NC1(Cc2ccc3cnsc3c2)CC1. The Morgan fingerprint density at radius 3 is 3.07 bits per heavy atom. The van der Waals surface area contributed by atoms with Crippen molar-refractivity contribution >= 4 is 21.6 Å². The van der Waals surface area contributed by atoms with E-state index < -0.39 is 0 Å². The second-order valence-electron chi connectivity index (χ2n) is 4.24. The van der Waals surface area contributed by atoms with E-state index in [-0.39, 0.29) is 5.54 Å². The second kappa shape index (κ2) is 2.78. The van der Waals surface area contributed by atoms with E-state index in [1.165, 1.54) is 28.5 Å². The van der Waals surface area contributed by atoms with Crippen molar-refractivity contribution in [1.82, 2.24) is 4.37 Å². The van der Waals surface area contributed by atoms with Crippen molar-refractivity contribution < 1.29 is 0 Å². The summed E-state index contributed by atoms with van der Waals surface area (Å²) in [5.41, 5.74) is 7.54. The molecule has 1 aromatic heterocycles. The lowest BCUT2D eigenvalue weighted by Gasteiger charge is -2.07. The third-order valence-corrected chi connectivity index (χ3v) is 3.63. The van der Waals surface area contributed by atoms with Crippen LogP contribution >= 0.6 is 11.5 Å². The van der Waals surface area contributed by atoms with Gasteiger partial charge in [-0.05, 0) is 42.4 Å². The first-order valence-electron chi connectivity index (χ1n) is 4.87. The van der Waals surface area contributed by atoms with Crippen LogP contribution < -0.4 is 5.73 Å². The molecule has 0 radical (unpaired) electrons. The fraction of sp³-hybridized carbons (Fsp3) is 0.364. The molecular formula is C11H12N2S. The Labute approximate surface area is 86.9 Å². The summed E-state index contributed by atoms with van der Waals surface area (Å²) in [6.45, 7) is 0. The highest BCUT2D eigenvalue weighted by Crippen LogP contribution is 2.36. The highest BCUT2D eigenvalue weighted by molar-refractivity contribution is 7.13. The molecule has 2 aromatic rings. The summed E-state index contributed by atoms with van der Waals surface area (Å²) >= 11 is 1.56. The highest BCUT2D eigenvalue weighted by atomic mass is 32.1. The summed E-state index contributed by atoms with van der Waals surface area (Å²) in [6.07, 6.45) is 5.28. The van der Waals surface area contributed by atoms with Gasteiger partial charge in [-0.2, -0.15) is 4.37 Å². The smallest absolute Gasteiger partial charge is 0.0552 e. The lowest BCUT2D eigenvalue weighted by molar-refractivity contribution is 0.673. The van der Waals surface area contributed by atoms with Gasteiger partial charge in [0.25, 0.3) is 0 Å². The molecule has 3 rings (SSSR count). The predicted molar refractivity (Wildman–Crippen MR) is 59.5 cm³/mol. The van der Waals surface area contributed by atoms with Gasteiger partial charge in [-0.3, -0.25) is 0 Å². The number of aromatic nitrogens is 1. The molecule has 0 atom stereocenters. The van der Waals surface area contributed by atoms with Gasteiger partial charge in [0.15, 0.2) is 0 Å². The van der Waals surface area contributed by atoms with Crippen LogP contribution in [0.15, 0.2) is 24.4 Å². The molecule has 72 valence electrons. The number of rotatable bonds is 2. The summed E-state index contributed by atoms with van der Waals surface area (Å²) in [4.78, 5) is 0. The van der Waals surface area contributed by atoms with Gasteiger partial charge in [-0.25, -0.2) is 0 Å². The Bertz CT molecular complexity index is 471. The van der Waals surface area contributed by atoms with Crippen LogP contribution in [0.4, 0.5) is 0 Å². The molecule has 0 aliphatic heterocycles. The van der Waals surface area contributed by atoms with Gasteiger partial charge in [-0.15, -0.1) is 0 Å². The monoisotopic (exact) mass is 204 g/mol. The lowest BCUT2D eigenvalue weighted by Crippen LogP contribution is -2.24. The molecule has 1 aliphatic rings. The van der Waals surface area contributed by atoms with Crippen molar-refractivity contribution in [3.05, 3.63) is 30.0 Å². The lowest BCUT2D eigenvalue weighted by atomic mass is 10.0. The number of hydrogen-bond donors (Lipinski definition) is 1. The Balaban J connectivity index is 1.97. The molecule has 1 heterocycles. The summed E-state index contributed by atoms with van der Waals surface area (Å²) in [5.74, 6) is 0. The van der Waals surface area contributed by atoms with Gasteiger partial charge in [0, 0.05) is 17.1 Å². The molecule has 1 aliphatic carbocycles. The zero-order chi connectivity index (χ0) is 9.60. The van der Waals surface area contributed by atoms with Crippen molar-refractivity contribution in [3.8, 4) is 0 Å². The van der Waals surface area contributed by atoms with E-state index in [9.17, 15) is 0 Å². The van der Waals surface area contributed by atoms with E-state index in [1.807, 2.05) is 6.20 Å². The minimum atomic E-state index is 0.109. The molecule has 0 unspecified atom stereocenters. The summed E-state index contributed by atoms with van der Waals surface area (Å²) in [6, 6.07) is 6.53. The normalized spacial score (nSPS) is 18.6. The molecule has 0 saturated heterocycles. The van der Waals surface area contributed by atoms with E-state index in [2.05, 4.69) is 22.6 Å². The van der Waals surface area contributed by atoms with E-state index in [0.29, 0.717) is 0 Å². The number of nitrogens with zero attached hydrogens (tertiary/aromatic N) is 1. The first kappa shape index (κ1) is 8.38. The van der Waals surface area contributed by atoms with E-state index in [1.54, 1.807) is 11.5 Å². The second-order valence-corrected chi connectivity index (χ2v) is 5.07. The molecule has 0 spiro atoms. The van der Waals surface area contributed by atoms with Crippen LogP contribution in [0.5, 0.6) is 0 Å². The molecule has 0 amide bonds. The van der Waals surface area contributed by atoms with Gasteiger partial charge in [-0.1, -0.05) is 12.1 Å². The number of hydrogen-bond acceptors (Lipinski definition) is 3. The molecule has 1 aromatic carbocycles. The Morgan fingerprint density at radius 2 is 2.29 bits per heavy atom. The number of benzene rings is 1. The van der Waals surface area contributed by atoms with E-state index >= 15 is 0 Å². The summed E-state index contributed by atoms with van der Waals surface area (Å²) in [7, 11) is 0. The van der Waals surface area contributed by atoms with Crippen LogP contribution in [0.25, 0.3) is 10.1 Å². The van der Waals surface area contributed by atoms with Gasteiger partial charge in [0.05, 0.1) is 4.70 Å². The quantitative estimate of drug-likeness (QED) is 0.815.